The highest BCUT2D eigenvalue weighted by Crippen LogP contribution is 2.22. The molecule has 0 aromatic heterocycles. The molecule has 66 valence electrons. The zero-order valence-corrected chi connectivity index (χ0v) is 7.57. The Kier molecular flexibility index (Phi) is 2.88. The van der Waals surface area contributed by atoms with Crippen LogP contribution in [0.5, 0.6) is 0 Å². The number of likely N-dealkylation sites (tertiary alicyclic amines) is 1. The van der Waals surface area contributed by atoms with E-state index < -0.39 is 5.67 Å². The van der Waals surface area contributed by atoms with Crippen LogP contribution in [-0.2, 0) is 0 Å². The van der Waals surface area contributed by atoms with Gasteiger partial charge in [-0.25, -0.2) is 4.39 Å². The van der Waals surface area contributed by atoms with Gasteiger partial charge in [0, 0.05) is 6.54 Å². The maximum Gasteiger partial charge on any atom is 0.120 e. The molecular formula is C9H18FN. The molecule has 0 N–H and O–H groups in total. The van der Waals surface area contributed by atoms with Crippen molar-refractivity contribution >= 4 is 0 Å². The average Bonchev–Trinajstić information content (AvgIpc) is 1.82. The summed E-state index contributed by atoms with van der Waals surface area (Å²) in [4.78, 5) is 2.10. The summed E-state index contributed by atoms with van der Waals surface area (Å²) in [5.41, 5.74) is -0.949. The summed E-state index contributed by atoms with van der Waals surface area (Å²) in [6.45, 7) is 3.38. The third-order valence-corrected chi connectivity index (χ3v) is 2.34. The lowest BCUT2D eigenvalue weighted by Crippen LogP contribution is -2.37. The Balaban J connectivity index is 2.42. The Morgan fingerprint density at radius 1 is 1.27 bits per heavy atom. The maximum absolute atomic E-state index is 13.5. The number of hydrogen-bond donors (Lipinski definition) is 0. The van der Waals surface area contributed by atoms with E-state index in [-0.39, 0.29) is 0 Å². The fourth-order valence-electron chi connectivity index (χ4n) is 1.77. The molecule has 0 aliphatic carbocycles. The van der Waals surface area contributed by atoms with E-state index in [2.05, 4.69) is 4.90 Å². The van der Waals surface area contributed by atoms with Crippen molar-refractivity contribution < 1.29 is 4.39 Å². The number of hydrogen-bond acceptors (Lipinski definition) is 1. The van der Waals surface area contributed by atoms with Crippen molar-refractivity contribution in [2.24, 2.45) is 0 Å². The maximum atomic E-state index is 13.5. The van der Waals surface area contributed by atoms with E-state index in [1.54, 1.807) is 6.92 Å². The largest absolute Gasteiger partial charge is 0.303 e. The van der Waals surface area contributed by atoms with Gasteiger partial charge in [0.2, 0.25) is 0 Å². The predicted molar refractivity (Wildman–Crippen MR) is 45.5 cm³/mol. The van der Waals surface area contributed by atoms with Gasteiger partial charge >= 0.3 is 0 Å². The molecule has 1 rings (SSSR count). The third kappa shape index (κ3) is 3.19. The smallest absolute Gasteiger partial charge is 0.120 e. The molecule has 1 aliphatic rings. The first-order chi connectivity index (χ1) is 5.10. The summed E-state index contributed by atoms with van der Waals surface area (Å²) in [5, 5.41) is 0. The molecule has 0 bridgehead atoms. The normalized spacial score (nSPS) is 36.3. The molecule has 0 amide bonds. The Bertz CT molecular complexity index is 123. The van der Waals surface area contributed by atoms with E-state index in [0.717, 1.165) is 19.4 Å². The summed E-state index contributed by atoms with van der Waals surface area (Å²) >= 11 is 0. The van der Waals surface area contributed by atoms with Crippen molar-refractivity contribution in [2.45, 2.75) is 38.3 Å². The number of alkyl halides is 1. The first kappa shape index (κ1) is 8.98. The molecule has 1 fully saturated rings. The molecule has 1 atom stereocenters. The van der Waals surface area contributed by atoms with Gasteiger partial charge in [-0.2, -0.15) is 0 Å². The zero-order chi connectivity index (χ0) is 8.32. The van der Waals surface area contributed by atoms with Crippen LogP contribution in [0.25, 0.3) is 0 Å². The standard InChI is InChI=1S/C9H18FN/c1-9(10)6-4-3-5-7-11(2)8-9/h3-8H2,1-2H3/t9-/m1/s1. The van der Waals surface area contributed by atoms with Crippen molar-refractivity contribution in [2.75, 3.05) is 20.1 Å². The van der Waals surface area contributed by atoms with Gasteiger partial charge in [-0.15, -0.1) is 0 Å². The minimum absolute atomic E-state index is 0.604. The van der Waals surface area contributed by atoms with E-state index in [4.69, 9.17) is 0 Å². The molecule has 0 unspecified atom stereocenters. The highest BCUT2D eigenvalue weighted by Gasteiger charge is 2.25. The van der Waals surface area contributed by atoms with Crippen molar-refractivity contribution in [1.82, 2.24) is 4.90 Å². The van der Waals surface area contributed by atoms with Crippen LogP contribution < -0.4 is 0 Å². The highest BCUT2D eigenvalue weighted by molar-refractivity contribution is 4.78. The lowest BCUT2D eigenvalue weighted by molar-refractivity contribution is 0.0995. The summed E-state index contributed by atoms with van der Waals surface area (Å²) in [6, 6.07) is 0. The van der Waals surface area contributed by atoms with Crippen LogP contribution >= 0.6 is 0 Å². The van der Waals surface area contributed by atoms with Gasteiger partial charge in [0.25, 0.3) is 0 Å². The third-order valence-electron chi connectivity index (χ3n) is 2.34. The molecule has 1 aliphatic heterocycles. The molecule has 11 heavy (non-hydrogen) atoms. The molecule has 2 heteroatoms. The van der Waals surface area contributed by atoms with E-state index in [0.29, 0.717) is 6.54 Å². The first-order valence-corrected chi connectivity index (χ1v) is 4.48. The van der Waals surface area contributed by atoms with Gasteiger partial charge in [-0.1, -0.05) is 12.8 Å². The molecular weight excluding hydrogens is 141 g/mol. The SMILES string of the molecule is CN1CCCCC[C@@](C)(F)C1. The van der Waals surface area contributed by atoms with Gasteiger partial charge in [0.05, 0.1) is 0 Å². The summed E-state index contributed by atoms with van der Waals surface area (Å²) < 4.78 is 13.5. The second-order valence-corrected chi connectivity index (χ2v) is 3.96. The van der Waals surface area contributed by atoms with Crippen molar-refractivity contribution in [3.63, 3.8) is 0 Å². The lowest BCUT2D eigenvalue weighted by Gasteiger charge is -2.29. The van der Waals surface area contributed by atoms with Crippen LogP contribution in [0, 0.1) is 0 Å². The van der Waals surface area contributed by atoms with Crippen LogP contribution in [0.15, 0.2) is 0 Å². The predicted octanol–water partition coefficient (Wildman–Crippen LogP) is 2.22. The van der Waals surface area contributed by atoms with Crippen molar-refractivity contribution in [1.29, 1.82) is 0 Å². The molecule has 0 spiro atoms. The lowest BCUT2D eigenvalue weighted by atomic mass is 9.97. The van der Waals surface area contributed by atoms with Crippen LogP contribution in [-0.4, -0.2) is 30.7 Å². The molecule has 0 saturated carbocycles. The minimum Gasteiger partial charge on any atom is -0.303 e. The van der Waals surface area contributed by atoms with E-state index in [1.165, 1.54) is 12.8 Å². The van der Waals surface area contributed by atoms with Gasteiger partial charge in [0.15, 0.2) is 0 Å². The minimum atomic E-state index is -0.949. The first-order valence-electron chi connectivity index (χ1n) is 4.48. The van der Waals surface area contributed by atoms with E-state index >= 15 is 0 Å². The zero-order valence-electron chi connectivity index (χ0n) is 7.57. The molecule has 1 saturated heterocycles. The van der Waals surface area contributed by atoms with Crippen LogP contribution in [0.2, 0.25) is 0 Å². The van der Waals surface area contributed by atoms with Gasteiger partial charge in [0.1, 0.15) is 5.67 Å². The average molecular weight is 159 g/mol. The Morgan fingerprint density at radius 3 is 2.73 bits per heavy atom. The second-order valence-electron chi connectivity index (χ2n) is 3.96. The molecule has 1 heterocycles. The highest BCUT2D eigenvalue weighted by atomic mass is 19.1. The quantitative estimate of drug-likeness (QED) is 0.524. The monoisotopic (exact) mass is 159 g/mol. The Labute approximate surface area is 68.6 Å². The van der Waals surface area contributed by atoms with Crippen LogP contribution in [0.1, 0.15) is 32.6 Å². The van der Waals surface area contributed by atoms with Crippen LogP contribution in [0.3, 0.4) is 0 Å². The molecule has 0 radical (unpaired) electrons. The number of nitrogens with zero attached hydrogens (tertiary/aromatic N) is 1. The van der Waals surface area contributed by atoms with E-state index in [9.17, 15) is 4.39 Å². The van der Waals surface area contributed by atoms with Gasteiger partial charge in [-0.05, 0) is 33.4 Å². The summed E-state index contributed by atoms with van der Waals surface area (Å²) in [6.07, 6.45) is 4.20. The fraction of sp³-hybridized carbons (Fsp3) is 1.00. The number of rotatable bonds is 0. The second kappa shape index (κ2) is 3.53. The van der Waals surface area contributed by atoms with Crippen molar-refractivity contribution in [3.8, 4) is 0 Å². The van der Waals surface area contributed by atoms with Crippen molar-refractivity contribution in [3.05, 3.63) is 0 Å². The topological polar surface area (TPSA) is 3.24 Å². The molecule has 0 aromatic rings. The molecule has 0 aromatic carbocycles. The Hall–Kier alpha value is -0.110. The summed E-state index contributed by atoms with van der Waals surface area (Å²) in [5.74, 6) is 0. The van der Waals surface area contributed by atoms with Crippen LogP contribution in [0.4, 0.5) is 4.39 Å². The summed E-state index contributed by atoms with van der Waals surface area (Å²) in [7, 11) is 2.00. The van der Waals surface area contributed by atoms with Gasteiger partial charge < -0.3 is 4.90 Å². The fourth-order valence-corrected chi connectivity index (χ4v) is 1.77. The Morgan fingerprint density at radius 2 is 2.00 bits per heavy atom. The molecule has 1 nitrogen and oxygen atoms in total. The van der Waals surface area contributed by atoms with Gasteiger partial charge in [-0.3, -0.25) is 0 Å². The van der Waals surface area contributed by atoms with E-state index in [1.807, 2.05) is 7.05 Å². The number of halogens is 1.